The van der Waals surface area contributed by atoms with Crippen LogP contribution in [0, 0.1) is 6.92 Å². The third-order valence-electron chi connectivity index (χ3n) is 1.82. The van der Waals surface area contributed by atoms with Crippen molar-refractivity contribution in [3.8, 4) is 5.82 Å². The number of aromatic amines is 1. The van der Waals surface area contributed by atoms with Gasteiger partial charge in [-0.1, -0.05) is 6.07 Å². The molecule has 0 saturated heterocycles. The summed E-state index contributed by atoms with van der Waals surface area (Å²) in [7, 11) is 0. The number of hydrogen-bond donors (Lipinski definition) is 1. The van der Waals surface area contributed by atoms with Crippen molar-refractivity contribution in [1.82, 2.24) is 19.7 Å². The lowest BCUT2D eigenvalue weighted by molar-refractivity contribution is 0.921. The third-order valence-corrected chi connectivity index (χ3v) is 2.26. The van der Waals surface area contributed by atoms with Crippen molar-refractivity contribution in [1.29, 1.82) is 0 Å². The minimum Gasteiger partial charge on any atom is -0.246 e. The molecule has 0 fully saturated rings. The number of nitrogens with one attached hydrogen (secondary N) is 1. The first-order chi connectivity index (χ1) is 6.68. The van der Waals surface area contributed by atoms with Crippen molar-refractivity contribution < 1.29 is 0 Å². The second-order valence-corrected chi connectivity index (χ2v) is 3.62. The number of aryl methyl sites for hydroxylation is 1. The SMILES string of the molecule is Cc1ccc(Br)nc1-n1cn[nH]c1=O. The average Bonchev–Trinajstić information content (AvgIpc) is 2.56. The van der Waals surface area contributed by atoms with Crippen molar-refractivity contribution in [3.63, 3.8) is 0 Å². The van der Waals surface area contributed by atoms with Gasteiger partial charge in [0.05, 0.1) is 0 Å². The minimum atomic E-state index is -0.293. The van der Waals surface area contributed by atoms with Gasteiger partial charge in [0.1, 0.15) is 16.7 Å². The lowest BCUT2D eigenvalue weighted by Crippen LogP contribution is -2.16. The van der Waals surface area contributed by atoms with Gasteiger partial charge in [-0.2, -0.15) is 5.10 Å². The molecule has 72 valence electrons. The smallest absolute Gasteiger partial charge is 0.246 e. The second-order valence-electron chi connectivity index (χ2n) is 2.81. The zero-order valence-electron chi connectivity index (χ0n) is 7.36. The first kappa shape index (κ1) is 9.14. The van der Waals surface area contributed by atoms with E-state index in [0.717, 1.165) is 5.56 Å². The van der Waals surface area contributed by atoms with Gasteiger partial charge in [0.2, 0.25) is 0 Å². The van der Waals surface area contributed by atoms with E-state index in [1.807, 2.05) is 19.1 Å². The fourth-order valence-electron chi connectivity index (χ4n) is 1.14. The summed E-state index contributed by atoms with van der Waals surface area (Å²) in [5.41, 5.74) is 0.621. The van der Waals surface area contributed by atoms with Gasteiger partial charge in [0.25, 0.3) is 0 Å². The zero-order valence-corrected chi connectivity index (χ0v) is 8.95. The van der Waals surface area contributed by atoms with Crippen molar-refractivity contribution in [3.05, 3.63) is 39.1 Å². The molecule has 2 aromatic heterocycles. The Hall–Kier alpha value is -1.43. The number of halogens is 1. The van der Waals surface area contributed by atoms with E-state index in [2.05, 4.69) is 31.1 Å². The van der Waals surface area contributed by atoms with E-state index in [-0.39, 0.29) is 5.69 Å². The van der Waals surface area contributed by atoms with Crippen LogP contribution in [-0.4, -0.2) is 19.7 Å². The zero-order chi connectivity index (χ0) is 10.1. The number of nitrogens with zero attached hydrogens (tertiary/aromatic N) is 3. The number of H-pyrrole nitrogens is 1. The molecule has 0 aliphatic rings. The van der Waals surface area contributed by atoms with E-state index in [9.17, 15) is 4.79 Å². The molecule has 6 heteroatoms. The summed E-state index contributed by atoms with van der Waals surface area (Å²) in [5.74, 6) is 0.582. The Morgan fingerprint density at radius 3 is 2.93 bits per heavy atom. The first-order valence-electron chi connectivity index (χ1n) is 3.94. The van der Waals surface area contributed by atoms with Gasteiger partial charge in [-0.15, -0.1) is 0 Å². The molecule has 0 saturated carbocycles. The minimum absolute atomic E-state index is 0.293. The van der Waals surface area contributed by atoms with Gasteiger partial charge >= 0.3 is 5.69 Å². The second kappa shape index (κ2) is 3.38. The summed E-state index contributed by atoms with van der Waals surface area (Å²) in [6.45, 7) is 1.88. The van der Waals surface area contributed by atoms with Crippen LogP contribution in [0.1, 0.15) is 5.56 Å². The summed E-state index contributed by atoms with van der Waals surface area (Å²) in [6.07, 6.45) is 1.41. The first-order valence-corrected chi connectivity index (χ1v) is 4.73. The van der Waals surface area contributed by atoms with E-state index >= 15 is 0 Å². The maximum absolute atomic E-state index is 11.3. The molecular weight excluding hydrogens is 248 g/mol. The maximum atomic E-state index is 11.3. The Bertz CT molecular complexity index is 516. The van der Waals surface area contributed by atoms with E-state index in [0.29, 0.717) is 10.4 Å². The lowest BCUT2D eigenvalue weighted by Gasteiger charge is -2.03. The highest BCUT2D eigenvalue weighted by Gasteiger charge is 2.06. The van der Waals surface area contributed by atoms with Crippen LogP contribution in [0.25, 0.3) is 5.82 Å². The molecule has 0 atom stereocenters. The molecule has 0 spiro atoms. The molecule has 1 N–H and O–H groups in total. The largest absolute Gasteiger partial charge is 0.348 e. The number of rotatable bonds is 1. The molecule has 5 nitrogen and oxygen atoms in total. The molecular formula is C8H7BrN4O. The summed E-state index contributed by atoms with van der Waals surface area (Å²) in [6, 6.07) is 3.70. The Morgan fingerprint density at radius 2 is 2.29 bits per heavy atom. The highest BCUT2D eigenvalue weighted by Crippen LogP contribution is 2.13. The molecule has 0 aromatic carbocycles. The third kappa shape index (κ3) is 1.48. The Kier molecular flexibility index (Phi) is 2.20. The van der Waals surface area contributed by atoms with Crippen LogP contribution in [0.15, 0.2) is 27.9 Å². The molecule has 0 amide bonds. The van der Waals surface area contributed by atoms with Crippen LogP contribution in [0.4, 0.5) is 0 Å². The Labute approximate surface area is 87.9 Å². The summed E-state index contributed by atoms with van der Waals surface area (Å²) >= 11 is 3.25. The van der Waals surface area contributed by atoms with E-state index in [4.69, 9.17) is 0 Å². The highest BCUT2D eigenvalue weighted by atomic mass is 79.9. The monoisotopic (exact) mass is 254 g/mol. The Balaban J connectivity index is 2.68. The number of aromatic nitrogens is 4. The molecule has 2 aromatic rings. The topological polar surface area (TPSA) is 63.6 Å². The van der Waals surface area contributed by atoms with Gasteiger partial charge in [-0.3, -0.25) is 0 Å². The van der Waals surface area contributed by atoms with Gasteiger partial charge in [-0.05, 0) is 34.5 Å². The summed E-state index contributed by atoms with van der Waals surface area (Å²) in [5, 5.41) is 5.95. The number of pyridine rings is 1. The molecule has 2 rings (SSSR count). The van der Waals surface area contributed by atoms with Gasteiger partial charge in [0.15, 0.2) is 0 Å². The highest BCUT2D eigenvalue weighted by molar-refractivity contribution is 9.10. The molecule has 0 unspecified atom stereocenters. The molecule has 14 heavy (non-hydrogen) atoms. The average molecular weight is 255 g/mol. The lowest BCUT2D eigenvalue weighted by atomic mass is 10.3. The predicted octanol–water partition coefficient (Wildman–Crippen LogP) is 1.03. The standard InChI is InChI=1S/C8H7BrN4O/c1-5-2-3-6(9)11-7(5)13-4-10-12-8(13)14/h2-4H,1H3,(H,12,14). The molecule has 0 aliphatic carbocycles. The van der Waals surface area contributed by atoms with Crippen LogP contribution in [0.3, 0.4) is 0 Å². The quantitative estimate of drug-likeness (QED) is 0.774. The van der Waals surface area contributed by atoms with E-state index < -0.39 is 0 Å². The predicted molar refractivity (Wildman–Crippen MR) is 54.4 cm³/mol. The van der Waals surface area contributed by atoms with Gasteiger partial charge in [-0.25, -0.2) is 19.4 Å². The van der Waals surface area contributed by atoms with E-state index in [1.54, 1.807) is 0 Å². The number of hydrogen-bond acceptors (Lipinski definition) is 3. The van der Waals surface area contributed by atoms with Crippen LogP contribution in [0.5, 0.6) is 0 Å². The van der Waals surface area contributed by atoms with Gasteiger partial charge < -0.3 is 0 Å². The molecule has 0 radical (unpaired) electrons. The van der Waals surface area contributed by atoms with Crippen molar-refractivity contribution in [2.24, 2.45) is 0 Å². The van der Waals surface area contributed by atoms with Crippen LogP contribution in [0.2, 0.25) is 0 Å². The van der Waals surface area contributed by atoms with Crippen molar-refractivity contribution >= 4 is 15.9 Å². The van der Waals surface area contributed by atoms with Gasteiger partial charge in [0, 0.05) is 0 Å². The Morgan fingerprint density at radius 1 is 1.50 bits per heavy atom. The molecule has 2 heterocycles. The molecule has 0 bridgehead atoms. The molecule has 0 aliphatic heterocycles. The fourth-order valence-corrected chi connectivity index (χ4v) is 1.44. The normalized spacial score (nSPS) is 10.4. The van der Waals surface area contributed by atoms with Crippen LogP contribution < -0.4 is 5.69 Å². The van der Waals surface area contributed by atoms with Crippen LogP contribution in [-0.2, 0) is 0 Å². The summed E-state index contributed by atoms with van der Waals surface area (Å²) < 4.78 is 2.05. The van der Waals surface area contributed by atoms with Crippen molar-refractivity contribution in [2.45, 2.75) is 6.92 Å². The maximum Gasteiger partial charge on any atom is 0.348 e. The fraction of sp³-hybridized carbons (Fsp3) is 0.125. The van der Waals surface area contributed by atoms with Crippen molar-refractivity contribution in [2.75, 3.05) is 0 Å². The summed E-state index contributed by atoms with van der Waals surface area (Å²) in [4.78, 5) is 15.5. The van der Waals surface area contributed by atoms with E-state index in [1.165, 1.54) is 10.9 Å². The van der Waals surface area contributed by atoms with Crippen LogP contribution >= 0.6 is 15.9 Å².